The third-order valence-electron chi connectivity index (χ3n) is 2.81. The van der Waals surface area contributed by atoms with E-state index in [-0.39, 0.29) is 12.3 Å². The second-order valence-electron chi connectivity index (χ2n) is 4.50. The number of halogens is 3. The van der Waals surface area contributed by atoms with Crippen molar-refractivity contribution < 1.29 is 27.5 Å². The molecule has 2 aromatic rings. The van der Waals surface area contributed by atoms with Gasteiger partial charge in [-0.25, -0.2) is 4.79 Å². The molecule has 2 aromatic heterocycles. The van der Waals surface area contributed by atoms with Crippen molar-refractivity contribution in [3.63, 3.8) is 0 Å². The number of aliphatic hydroxyl groups excluding tert-OH is 1. The molecule has 0 saturated heterocycles. The van der Waals surface area contributed by atoms with E-state index in [9.17, 15) is 27.9 Å². The zero-order chi connectivity index (χ0) is 17.0. The molecular weight excluding hydrogens is 319 g/mol. The SMILES string of the molecule is O=C(NCC(O)c1ccco1)Nc1cc(C(F)(F)F)c[nH]c1=O. The normalized spacial score (nSPS) is 12.7. The van der Waals surface area contributed by atoms with Gasteiger partial charge in [0.1, 0.15) is 17.6 Å². The number of carbonyl (C=O) groups is 1. The highest BCUT2D eigenvalue weighted by atomic mass is 19.4. The number of hydrogen-bond acceptors (Lipinski definition) is 4. The van der Waals surface area contributed by atoms with E-state index in [2.05, 4.69) is 5.32 Å². The monoisotopic (exact) mass is 331 g/mol. The number of H-pyrrole nitrogens is 1. The average Bonchev–Trinajstić information content (AvgIpc) is 3.00. The first-order valence-electron chi connectivity index (χ1n) is 6.33. The minimum atomic E-state index is -4.66. The Hall–Kier alpha value is -2.75. The van der Waals surface area contributed by atoms with Crippen LogP contribution in [0.1, 0.15) is 17.4 Å². The van der Waals surface area contributed by atoms with Gasteiger partial charge in [-0.15, -0.1) is 0 Å². The molecule has 0 saturated carbocycles. The summed E-state index contributed by atoms with van der Waals surface area (Å²) in [5.41, 5.74) is -2.56. The second kappa shape index (κ2) is 6.57. The summed E-state index contributed by atoms with van der Waals surface area (Å²) in [6.45, 7) is -0.254. The number of alkyl halides is 3. The summed E-state index contributed by atoms with van der Waals surface area (Å²) in [6.07, 6.45) is -3.95. The molecule has 0 aromatic carbocycles. The van der Waals surface area contributed by atoms with Crippen LogP contribution in [-0.2, 0) is 6.18 Å². The van der Waals surface area contributed by atoms with Gasteiger partial charge in [-0.2, -0.15) is 13.2 Å². The van der Waals surface area contributed by atoms with Crippen LogP contribution in [0.2, 0.25) is 0 Å². The van der Waals surface area contributed by atoms with Crippen LogP contribution in [-0.4, -0.2) is 22.7 Å². The Morgan fingerprint density at radius 3 is 2.78 bits per heavy atom. The highest BCUT2D eigenvalue weighted by Crippen LogP contribution is 2.29. The Bertz CT molecular complexity index is 725. The predicted molar refractivity (Wildman–Crippen MR) is 72.8 cm³/mol. The maximum absolute atomic E-state index is 12.6. The zero-order valence-electron chi connectivity index (χ0n) is 11.5. The largest absolute Gasteiger partial charge is 0.467 e. The van der Waals surface area contributed by atoms with Crippen molar-refractivity contribution in [3.05, 3.63) is 52.3 Å². The lowest BCUT2D eigenvalue weighted by atomic mass is 10.2. The van der Waals surface area contributed by atoms with Crippen molar-refractivity contribution >= 4 is 11.7 Å². The average molecular weight is 331 g/mol. The molecule has 0 radical (unpaired) electrons. The molecule has 124 valence electrons. The van der Waals surface area contributed by atoms with E-state index in [1.165, 1.54) is 12.3 Å². The van der Waals surface area contributed by atoms with Crippen molar-refractivity contribution in [2.24, 2.45) is 0 Å². The van der Waals surface area contributed by atoms with Crippen LogP contribution < -0.4 is 16.2 Å². The molecule has 23 heavy (non-hydrogen) atoms. The van der Waals surface area contributed by atoms with Crippen molar-refractivity contribution in [1.29, 1.82) is 0 Å². The van der Waals surface area contributed by atoms with E-state index in [4.69, 9.17) is 4.42 Å². The lowest BCUT2D eigenvalue weighted by Gasteiger charge is -2.11. The number of hydrogen-bond donors (Lipinski definition) is 4. The summed E-state index contributed by atoms with van der Waals surface area (Å²) in [5, 5.41) is 13.9. The van der Waals surface area contributed by atoms with Gasteiger partial charge >= 0.3 is 12.2 Å². The van der Waals surface area contributed by atoms with Gasteiger partial charge in [0.25, 0.3) is 5.56 Å². The minimum absolute atomic E-state index is 0.210. The van der Waals surface area contributed by atoms with Crippen LogP contribution in [0.5, 0.6) is 0 Å². The van der Waals surface area contributed by atoms with Gasteiger partial charge in [0.15, 0.2) is 0 Å². The summed E-state index contributed by atoms with van der Waals surface area (Å²) < 4.78 is 42.6. The highest BCUT2D eigenvalue weighted by Gasteiger charge is 2.31. The van der Waals surface area contributed by atoms with Crippen LogP contribution in [0.4, 0.5) is 23.7 Å². The Balaban J connectivity index is 1.99. The van der Waals surface area contributed by atoms with Crippen LogP contribution in [0, 0.1) is 0 Å². The molecular formula is C13H12F3N3O4. The second-order valence-corrected chi connectivity index (χ2v) is 4.50. The number of nitrogens with one attached hydrogen (secondary N) is 3. The molecule has 4 N–H and O–H groups in total. The Morgan fingerprint density at radius 1 is 1.43 bits per heavy atom. The Morgan fingerprint density at radius 2 is 2.17 bits per heavy atom. The fourth-order valence-corrected chi connectivity index (χ4v) is 1.68. The fourth-order valence-electron chi connectivity index (χ4n) is 1.68. The maximum Gasteiger partial charge on any atom is 0.417 e. The molecule has 0 spiro atoms. The molecule has 0 bridgehead atoms. The molecule has 10 heteroatoms. The molecule has 2 amide bonds. The first-order valence-corrected chi connectivity index (χ1v) is 6.33. The molecule has 0 aliphatic carbocycles. The van der Waals surface area contributed by atoms with Crippen molar-refractivity contribution in [2.75, 3.05) is 11.9 Å². The number of pyridine rings is 1. The smallest absolute Gasteiger partial charge is 0.417 e. The molecule has 2 heterocycles. The van der Waals surface area contributed by atoms with Gasteiger partial charge in [0.2, 0.25) is 0 Å². The van der Waals surface area contributed by atoms with E-state index in [1.54, 1.807) is 6.07 Å². The quantitative estimate of drug-likeness (QED) is 0.685. The van der Waals surface area contributed by atoms with E-state index < -0.39 is 35.1 Å². The lowest BCUT2D eigenvalue weighted by Crippen LogP contribution is -2.34. The van der Waals surface area contributed by atoms with Crippen LogP contribution in [0.15, 0.2) is 39.9 Å². The molecule has 1 atom stereocenters. The van der Waals surface area contributed by atoms with Crippen LogP contribution in [0.25, 0.3) is 0 Å². The predicted octanol–water partition coefficient (Wildman–Crippen LogP) is 1.84. The zero-order valence-corrected chi connectivity index (χ0v) is 11.5. The third-order valence-corrected chi connectivity index (χ3v) is 2.81. The molecule has 0 aliphatic rings. The lowest BCUT2D eigenvalue weighted by molar-refractivity contribution is -0.137. The molecule has 2 rings (SSSR count). The van der Waals surface area contributed by atoms with Gasteiger partial charge in [-0.3, -0.25) is 4.79 Å². The van der Waals surface area contributed by atoms with E-state index in [0.29, 0.717) is 12.3 Å². The Labute approximate surface area is 127 Å². The summed E-state index contributed by atoms with van der Waals surface area (Å²) in [4.78, 5) is 24.9. The number of aliphatic hydroxyl groups is 1. The van der Waals surface area contributed by atoms with Crippen molar-refractivity contribution in [1.82, 2.24) is 10.3 Å². The molecule has 0 aliphatic heterocycles. The number of rotatable bonds is 4. The molecule has 7 nitrogen and oxygen atoms in total. The minimum Gasteiger partial charge on any atom is -0.467 e. The fraction of sp³-hybridized carbons (Fsp3) is 0.231. The summed E-state index contributed by atoms with van der Waals surface area (Å²) in [6, 6.07) is 2.60. The van der Waals surface area contributed by atoms with Gasteiger partial charge in [-0.1, -0.05) is 0 Å². The first-order chi connectivity index (χ1) is 10.8. The highest BCUT2D eigenvalue weighted by molar-refractivity contribution is 5.89. The van der Waals surface area contributed by atoms with E-state index in [1.807, 2.05) is 10.3 Å². The van der Waals surface area contributed by atoms with Gasteiger partial charge in [0, 0.05) is 6.20 Å². The number of amides is 2. The number of anilines is 1. The van der Waals surface area contributed by atoms with Gasteiger partial charge in [-0.05, 0) is 18.2 Å². The van der Waals surface area contributed by atoms with Crippen molar-refractivity contribution in [3.8, 4) is 0 Å². The van der Waals surface area contributed by atoms with Gasteiger partial charge < -0.3 is 25.1 Å². The topological polar surface area (TPSA) is 107 Å². The third kappa shape index (κ3) is 4.36. The molecule has 1 unspecified atom stereocenters. The van der Waals surface area contributed by atoms with Crippen LogP contribution in [0.3, 0.4) is 0 Å². The standard InChI is InChI=1S/C13H12F3N3O4/c14-13(15,16)7-4-8(11(21)17-5-7)19-12(22)18-6-9(20)10-2-1-3-23-10/h1-5,9,20H,6H2,(H,17,21)(H2,18,19,22). The van der Waals surface area contributed by atoms with E-state index in [0.717, 1.165) is 0 Å². The first kappa shape index (κ1) is 16.6. The number of urea groups is 1. The number of carbonyl (C=O) groups excluding carboxylic acids is 1. The summed E-state index contributed by atoms with van der Waals surface area (Å²) >= 11 is 0. The van der Waals surface area contributed by atoms with Gasteiger partial charge in [0.05, 0.1) is 18.4 Å². The number of furan rings is 1. The Kier molecular flexibility index (Phi) is 4.74. The van der Waals surface area contributed by atoms with E-state index >= 15 is 0 Å². The molecule has 0 fully saturated rings. The van der Waals surface area contributed by atoms with Crippen molar-refractivity contribution in [2.45, 2.75) is 12.3 Å². The maximum atomic E-state index is 12.6. The number of aromatic nitrogens is 1. The van der Waals surface area contributed by atoms with Crippen LogP contribution >= 0.6 is 0 Å². The summed E-state index contributed by atoms with van der Waals surface area (Å²) in [5.74, 6) is 0.210. The number of aromatic amines is 1. The summed E-state index contributed by atoms with van der Waals surface area (Å²) in [7, 11) is 0.